The molecule has 104 valence electrons. The highest BCUT2D eigenvalue weighted by atomic mass is 16.6. The van der Waals surface area contributed by atoms with Gasteiger partial charge in [-0.15, -0.1) is 0 Å². The Balaban J connectivity index is 2.20. The molecule has 5 nitrogen and oxygen atoms in total. The van der Waals surface area contributed by atoms with E-state index in [0.717, 1.165) is 31.6 Å². The monoisotopic (exact) mass is 263 g/mol. The fourth-order valence-corrected chi connectivity index (χ4v) is 2.61. The average Bonchev–Trinajstić information content (AvgIpc) is 2.50. The van der Waals surface area contributed by atoms with Crippen molar-refractivity contribution in [3.8, 4) is 0 Å². The summed E-state index contributed by atoms with van der Waals surface area (Å²) in [5, 5.41) is 10.7. The largest absolute Gasteiger partial charge is 0.397 e. The fraction of sp³-hybridized carbons (Fsp3) is 0.571. The van der Waals surface area contributed by atoms with Gasteiger partial charge in [0.1, 0.15) is 0 Å². The maximum Gasteiger partial charge on any atom is 0.271 e. The van der Waals surface area contributed by atoms with Crippen molar-refractivity contribution in [2.45, 2.75) is 33.1 Å². The van der Waals surface area contributed by atoms with Crippen LogP contribution in [0.4, 0.5) is 17.1 Å². The molecule has 1 heterocycles. The molecular formula is C14H21N3O2. The summed E-state index contributed by atoms with van der Waals surface area (Å²) < 4.78 is 0. The number of nitrogens with zero attached hydrogens (tertiary/aromatic N) is 2. The third-order valence-corrected chi connectivity index (χ3v) is 3.90. The lowest BCUT2D eigenvalue weighted by atomic mass is 9.85. The minimum Gasteiger partial charge on any atom is -0.397 e. The summed E-state index contributed by atoms with van der Waals surface area (Å²) in [5.41, 5.74) is 7.79. The van der Waals surface area contributed by atoms with E-state index in [1.807, 2.05) is 0 Å². The van der Waals surface area contributed by atoms with Crippen molar-refractivity contribution >= 4 is 17.1 Å². The molecule has 5 heteroatoms. The Morgan fingerprint density at radius 2 is 2.05 bits per heavy atom. The van der Waals surface area contributed by atoms with Crippen LogP contribution in [0.2, 0.25) is 0 Å². The van der Waals surface area contributed by atoms with Crippen LogP contribution in [0, 0.1) is 15.5 Å². The highest BCUT2D eigenvalue weighted by molar-refractivity contribution is 5.70. The summed E-state index contributed by atoms with van der Waals surface area (Å²) in [5.74, 6) is 0. The van der Waals surface area contributed by atoms with Crippen LogP contribution in [0.15, 0.2) is 18.2 Å². The van der Waals surface area contributed by atoms with E-state index >= 15 is 0 Å². The second kappa shape index (κ2) is 5.07. The third kappa shape index (κ3) is 3.16. The maximum atomic E-state index is 10.7. The summed E-state index contributed by atoms with van der Waals surface area (Å²) in [4.78, 5) is 12.6. The number of rotatable bonds is 2. The van der Waals surface area contributed by atoms with Gasteiger partial charge in [0.2, 0.25) is 0 Å². The number of benzene rings is 1. The number of hydrogen-bond acceptors (Lipinski definition) is 4. The summed E-state index contributed by atoms with van der Waals surface area (Å²) >= 11 is 0. The Hall–Kier alpha value is -1.78. The van der Waals surface area contributed by atoms with Gasteiger partial charge in [0, 0.05) is 25.2 Å². The Bertz CT molecular complexity index is 486. The van der Waals surface area contributed by atoms with Gasteiger partial charge in [-0.25, -0.2) is 0 Å². The molecule has 1 aromatic carbocycles. The van der Waals surface area contributed by atoms with Crippen LogP contribution in [-0.2, 0) is 0 Å². The Kier molecular flexibility index (Phi) is 3.64. The summed E-state index contributed by atoms with van der Waals surface area (Å²) in [6.07, 6.45) is 3.45. The van der Waals surface area contributed by atoms with Gasteiger partial charge in [0.15, 0.2) is 0 Å². The minimum atomic E-state index is -0.411. The van der Waals surface area contributed by atoms with Gasteiger partial charge in [-0.1, -0.05) is 13.8 Å². The minimum absolute atomic E-state index is 0.0522. The molecule has 0 saturated carbocycles. The van der Waals surface area contributed by atoms with E-state index in [2.05, 4.69) is 18.7 Å². The van der Waals surface area contributed by atoms with Crippen LogP contribution in [-0.4, -0.2) is 18.0 Å². The lowest BCUT2D eigenvalue weighted by Crippen LogP contribution is -2.25. The number of hydrogen-bond donors (Lipinski definition) is 1. The van der Waals surface area contributed by atoms with Crippen molar-refractivity contribution < 1.29 is 4.92 Å². The number of nitrogens with two attached hydrogens (primary N) is 1. The molecule has 1 aliphatic heterocycles. The topological polar surface area (TPSA) is 72.4 Å². The van der Waals surface area contributed by atoms with E-state index in [1.165, 1.54) is 18.6 Å². The van der Waals surface area contributed by atoms with Crippen LogP contribution in [0.25, 0.3) is 0 Å². The molecular weight excluding hydrogens is 242 g/mol. The molecule has 2 N–H and O–H groups in total. The van der Waals surface area contributed by atoms with Crippen LogP contribution in [0.3, 0.4) is 0 Å². The van der Waals surface area contributed by atoms with E-state index in [0.29, 0.717) is 11.1 Å². The van der Waals surface area contributed by atoms with Crippen molar-refractivity contribution in [1.29, 1.82) is 0 Å². The van der Waals surface area contributed by atoms with Crippen LogP contribution in [0.5, 0.6) is 0 Å². The molecule has 0 spiro atoms. The molecule has 0 atom stereocenters. The van der Waals surface area contributed by atoms with Gasteiger partial charge >= 0.3 is 0 Å². The zero-order valence-electron chi connectivity index (χ0n) is 11.6. The average molecular weight is 263 g/mol. The highest BCUT2D eigenvalue weighted by Crippen LogP contribution is 2.34. The lowest BCUT2D eigenvalue weighted by Gasteiger charge is -2.25. The first-order valence-electron chi connectivity index (χ1n) is 6.68. The molecule has 1 aliphatic rings. The summed E-state index contributed by atoms with van der Waals surface area (Å²) in [6.45, 7) is 6.49. The molecule has 2 rings (SSSR count). The molecule has 0 unspecified atom stereocenters. The second-order valence-electron chi connectivity index (χ2n) is 6.01. The zero-order chi connectivity index (χ0) is 14.0. The number of nitro benzene ring substituents is 1. The first kappa shape index (κ1) is 13.6. The highest BCUT2D eigenvalue weighted by Gasteiger charge is 2.24. The molecule has 0 amide bonds. The Morgan fingerprint density at radius 3 is 2.68 bits per heavy atom. The third-order valence-electron chi connectivity index (χ3n) is 3.90. The van der Waals surface area contributed by atoms with Crippen molar-refractivity contribution in [2.75, 3.05) is 23.7 Å². The predicted octanol–water partition coefficient (Wildman–Crippen LogP) is 3.19. The van der Waals surface area contributed by atoms with E-state index in [-0.39, 0.29) is 5.69 Å². The zero-order valence-corrected chi connectivity index (χ0v) is 11.6. The number of anilines is 2. The fourth-order valence-electron chi connectivity index (χ4n) is 2.61. The molecule has 1 aromatic rings. The predicted molar refractivity (Wildman–Crippen MR) is 77.4 cm³/mol. The lowest BCUT2D eigenvalue weighted by molar-refractivity contribution is -0.384. The van der Waals surface area contributed by atoms with Crippen molar-refractivity contribution in [2.24, 2.45) is 5.41 Å². The molecule has 1 fully saturated rings. The van der Waals surface area contributed by atoms with Crippen molar-refractivity contribution in [3.05, 3.63) is 28.3 Å². The SMILES string of the molecule is CC1(C)CCCN(c2ccc([N+](=O)[O-])cc2N)CC1. The van der Waals surface area contributed by atoms with Crippen LogP contribution < -0.4 is 10.6 Å². The van der Waals surface area contributed by atoms with Gasteiger partial charge in [0.25, 0.3) is 5.69 Å². The summed E-state index contributed by atoms with van der Waals surface area (Å²) in [6, 6.07) is 4.75. The van der Waals surface area contributed by atoms with E-state index in [9.17, 15) is 10.1 Å². The molecule has 0 bridgehead atoms. The van der Waals surface area contributed by atoms with Gasteiger partial charge in [-0.2, -0.15) is 0 Å². The van der Waals surface area contributed by atoms with Gasteiger partial charge in [-0.05, 0) is 30.7 Å². The smallest absolute Gasteiger partial charge is 0.271 e. The second-order valence-corrected chi connectivity index (χ2v) is 6.01. The quantitative estimate of drug-likeness (QED) is 0.505. The van der Waals surface area contributed by atoms with E-state index < -0.39 is 4.92 Å². The first-order chi connectivity index (χ1) is 8.89. The Labute approximate surface area is 113 Å². The molecule has 0 radical (unpaired) electrons. The van der Waals surface area contributed by atoms with Crippen LogP contribution in [0.1, 0.15) is 33.1 Å². The molecule has 1 saturated heterocycles. The first-order valence-corrected chi connectivity index (χ1v) is 6.68. The van der Waals surface area contributed by atoms with E-state index in [1.54, 1.807) is 6.07 Å². The number of nitrogen functional groups attached to an aromatic ring is 1. The van der Waals surface area contributed by atoms with Gasteiger partial charge in [-0.3, -0.25) is 10.1 Å². The van der Waals surface area contributed by atoms with Gasteiger partial charge in [0.05, 0.1) is 16.3 Å². The normalized spacial score (nSPS) is 18.9. The molecule has 19 heavy (non-hydrogen) atoms. The summed E-state index contributed by atoms with van der Waals surface area (Å²) in [7, 11) is 0. The van der Waals surface area contributed by atoms with Gasteiger partial charge < -0.3 is 10.6 Å². The van der Waals surface area contributed by atoms with Crippen LogP contribution >= 0.6 is 0 Å². The maximum absolute atomic E-state index is 10.7. The van der Waals surface area contributed by atoms with Crippen molar-refractivity contribution in [1.82, 2.24) is 0 Å². The molecule has 0 aromatic heterocycles. The number of non-ortho nitro benzene ring substituents is 1. The van der Waals surface area contributed by atoms with E-state index in [4.69, 9.17) is 5.73 Å². The van der Waals surface area contributed by atoms with Crippen molar-refractivity contribution in [3.63, 3.8) is 0 Å². The standard InChI is InChI=1S/C14H21N3O2/c1-14(2)6-3-8-16(9-7-14)13-5-4-11(17(18)19)10-12(13)15/h4-5,10H,3,6-9,15H2,1-2H3. The Morgan fingerprint density at radius 1 is 1.32 bits per heavy atom. The number of nitro groups is 1. The molecule has 0 aliphatic carbocycles.